The van der Waals surface area contributed by atoms with E-state index in [1.807, 2.05) is 0 Å². The van der Waals surface area contributed by atoms with Gasteiger partial charge in [0, 0.05) is 19.1 Å². The average molecular weight is 214 g/mol. The van der Waals surface area contributed by atoms with Gasteiger partial charge in [0.05, 0.1) is 5.69 Å². The van der Waals surface area contributed by atoms with Crippen LogP contribution >= 0.6 is 11.5 Å². The van der Waals surface area contributed by atoms with Crippen LogP contribution in [0, 0.1) is 0 Å². The van der Waals surface area contributed by atoms with Crippen molar-refractivity contribution >= 4 is 17.5 Å². The summed E-state index contributed by atoms with van der Waals surface area (Å²) in [7, 11) is 0. The third-order valence-electron chi connectivity index (χ3n) is 2.32. The van der Waals surface area contributed by atoms with Gasteiger partial charge in [0.25, 0.3) is 0 Å². The summed E-state index contributed by atoms with van der Waals surface area (Å²) in [6.07, 6.45) is 1.68. The van der Waals surface area contributed by atoms with E-state index in [-0.39, 0.29) is 10.8 Å². The molecule has 5 nitrogen and oxygen atoms in total. The maximum atomic E-state index is 10.8. The Bertz CT molecular complexity index is 333. The number of aromatic carboxylic acids is 1. The first kappa shape index (κ1) is 9.54. The molecule has 1 N–H and O–H groups in total. The van der Waals surface area contributed by atoms with Gasteiger partial charge >= 0.3 is 5.97 Å². The molecule has 0 atom stereocenters. The minimum absolute atomic E-state index is 0.202. The largest absolute Gasteiger partial charge is 0.477 e. The number of aromatic nitrogens is 2. The Morgan fingerprint density at radius 1 is 1.50 bits per heavy atom. The van der Waals surface area contributed by atoms with Gasteiger partial charge < -0.3 is 9.84 Å². The van der Waals surface area contributed by atoms with E-state index in [1.165, 1.54) is 0 Å². The van der Waals surface area contributed by atoms with Crippen molar-refractivity contribution in [2.75, 3.05) is 13.2 Å². The first-order valence-electron chi connectivity index (χ1n) is 4.42. The second-order valence-electron chi connectivity index (χ2n) is 3.18. The van der Waals surface area contributed by atoms with Crippen LogP contribution in [0.1, 0.15) is 34.1 Å². The first-order chi connectivity index (χ1) is 6.79. The molecule has 0 saturated carbocycles. The number of carbonyl (C=O) groups is 1. The topological polar surface area (TPSA) is 72.3 Å². The lowest BCUT2D eigenvalue weighted by Gasteiger charge is -2.20. The molecule has 6 heteroatoms. The maximum Gasteiger partial charge on any atom is 0.349 e. The van der Waals surface area contributed by atoms with Gasteiger partial charge in [-0.1, -0.05) is 4.49 Å². The number of rotatable bonds is 2. The third-order valence-corrected chi connectivity index (χ3v) is 3.05. The number of hydrogen-bond acceptors (Lipinski definition) is 5. The molecule has 0 radical (unpaired) electrons. The van der Waals surface area contributed by atoms with Gasteiger partial charge in [0.15, 0.2) is 4.88 Å². The molecule has 0 bridgehead atoms. The highest BCUT2D eigenvalue weighted by molar-refractivity contribution is 7.07. The van der Waals surface area contributed by atoms with E-state index in [2.05, 4.69) is 9.59 Å². The molecule has 2 rings (SSSR count). The molecule has 0 aliphatic carbocycles. The minimum Gasteiger partial charge on any atom is -0.477 e. The number of hydrogen-bond donors (Lipinski definition) is 1. The van der Waals surface area contributed by atoms with Crippen LogP contribution in [-0.4, -0.2) is 33.9 Å². The molecule has 0 amide bonds. The highest BCUT2D eigenvalue weighted by Crippen LogP contribution is 2.29. The Morgan fingerprint density at radius 2 is 2.21 bits per heavy atom. The second kappa shape index (κ2) is 4.02. The van der Waals surface area contributed by atoms with Gasteiger partial charge in [-0.3, -0.25) is 0 Å². The van der Waals surface area contributed by atoms with Gasteiger partial charge in [-0.05, 0) is 24.4 Å². The van der Waals surface area contributed by atoms with Gasteiger partial charge in [-0.2, -0.15) is 0 Å². The van der Waals surface area contributed by atoms with Crippen molar-refractivity contribution in [1.82, 2.24) is 9.59 Å². The van der Waals surface area contributed by atoms with Crippen molar-refractivity contribution in [3.8, 4) is 0 Å². The Hall–Kier alpha value is -1.01. The summed E-state index contributed by atoms with van der Waals surface area (Å²) in [6, 6.07) is 0. The highest BCUT2D eigenvalue weighted by Gasteiger charge is 2.25. The normalized spacial score (nSPS) is 18.3. The Kier molecular flexibility index (Phi) is 2.74. The number of carboxylic acids is 1. The average Bonchev–Trinajstić information content (AvgIpc) is 2.67. The summed E-state index contributed by atoms with van der Waals surface area (Å²) in [6.45, 7) is 1.36. The van der Waals surface area contributed by atoms with Gasteiger partial charge in [-0.15, -0.1) is 5.10 Å². The molecule has 0 unspecified atom stereocenters. The summed E-state index contributed by atoms with van der Waals surface area (Å²) in [5.41, 5.74) is 0.630. The fourth-order valence-corrected chi connectivity index (χ4v) is 2.17. The van der Waals surface area contributed by atoms with Crippen molar-refractivity contribution in [2.24, 2.45) is 0 Å². The van der Waals surface area contributed by atoms with Crippen molar-refractivity contribution < 1.29 is 14.6 Å². The lowest BCUT2D eigenvalue weighted by Crippen LogP contribution is -2.16. The van der Waals surface area contributed by atoms with E-state index in [0.29, 0.717) is 18.9 Å². The Labute approximate surface area is 84.9 Å². The van der Waals surface area contributed by atoms with E-state index >= 15 is 0 Å². The van der Waals surface area contributed by atoms with Crippen molar-refractivity contribution in [2.45, 2.75) is 18.8 Å². The molecule has 2 heterocycles. The van der Waals surface area contributed by atoms with Crippen LogP contribution in [0.25, 0.3) is 0 Å². The standard InChI is InChI=1S/C8H10N2O3S/c11-8(12)7-6(9-10-14-7)5-1-3-13-4-2-5/h5H,1-4H2,(H,11,12). The van der Waals surface area contributed by atoms with Gasteiger partial charge in [0.1, 0.15) is 0 Å². The molecule has 1 fully saturated rings. The lowest BCUT2D eigenvalue weighted by molar-refractivity contribution is 0.0689. The molecule has 1 aliphatic rings. The zero-order valence-corrected chi connectivity index (χ0v) is 8.29. The molecule has 76 valence electrons. The lowest BCUT2D eigenvalue weighted by atomic mass is 9.96. The van der Waals surface area contributed by atoms with Gasteiger partial charge in [-0.25, -0.2) is 4.79 Å². The first-order valence-corrected chi connectivity index (χ1v) is 5.19. The summed E-state index contributed by atoms with van der Waals surface area (Å²) < 4.78 is 8.89. The molecular formula is C8H10N2O3S. The summed E-state index contributed by atoms with van der Waals surface area (Å²) >= 11 is 0.950. The SMILES string of the molecule is O=C(O)c1snnc1C1CCOCC1. The summed E-state index contributed by atoms with van der Waals surface area (Å²) in [5.74, 6) is -0.727. The maximum absolute atomic E-state index is 10.8. The number of carboxylic acid groups (broad SMARTS) is 1. The monoisotopic (exact) mass is 214 g/mol. The third kappa shape index (κ3) is 1.76. The predicted octanol–water partition coefficient (Wildman–Crippen LogP) is 1.13. The van der Waals surface area contributed by atoms with Gasteiger partial charge in [0.2, 0.25) is 0 Å². The number of nitrogens with zero attached hydrogens (tertiary/aromatic N) is 2. The molecular weight excluding hydrogens is 204 g/mol. The number of ether oxygens (including phenoxy) is 1. The fraction of sp³-hybridized carbons (Fsp3) is 0.625. The Balaban J connectivity index is 2.21. The van der Waals surface area contributed by atoms with Crippen LogP contribution in [0.4, 0.5) is 0 Å². The second-order valence-corrected chi connectivity index (χ2v) is 3.93. The zero-order valence-electron chi connectivity index (χ0n) is 7.47. The van der Waals surface area contributed by atoms with E-state index < -0.39 is 5.97 Å². The molecule has 1 aliphatic heterocycles. The van der Waals surface area contributed by atoms with Crippen LogP contribution in [0.3, 0.4) is 0 Å². The van der Waals surface area contributed by atoms with E-state index in [9.17, 15) is 4.79 Å². The van der Waals surface area contributed by atoms with Crippen LogP contribution in [0.2, 0.25) is 0 Å². The van der Waals surface area contributed by atoms with Crippen molar-refractivity contribution in [3.05, 3.63) is 10.6 Å². The zero-order chi connectivity index (χ0) is 9.97. The predicted molar refractivity (Wildman–Crippen MR) is 49.7 cm³/mol. The molecule has 1 saturated heterocycles. The van der Waals surface area contributed by atoms with Crippen LogP contribution in [0.5, 0.6) is 0 Å². The quantitative estimate of drug-likeness (QED) is 0.799. The summed E-state index contributed by atoms with van der Waals surface area (Å²) in [5, 5.41) is 12.8. The Morgan fingerprint density at radius 3 is 2.86 bits per heavy atom. The van der Waals surface area contributed by atoms with Crippen molar-refractivity contribution in [3.63, 3.8) is 0 Å². The highest BCUT2D eigenvalue weighted by atomic mass is 32.1. The molecule has 0 spiro atoms. The fourth-order valence-electron chi connectivity index (χ4n) is 1.58. The van der Waals surface area contributed by atoms with E-state index in [4.69, 9.17) is 9.84 Å². The van der Waals surface area contributed by atoms with E-state index in [1.54, 1.807) is 0 Å². The van der Waals surface area contributed by atoms with Crippen LogP contribution < -0.4 is 0 Å². The smallest absolute Gasteiger partial charge is 0.349 e. The van der Waals surface area contributed by atoms with E-state index in [0.717, 1.165) is 24.4 Å². The van der Waals surface area contributed by atoms with Crippen LogP contribution in [0.15, 0.2) is 0 Å². The van der Waals surface area contributed by atoms with Crippen molar-refractivity contribution in [1.29, 1.82) is 0 Å². The molecule has 1 aromatic rings. The molecule has 1 aromatic heterocycles. The molecule has 0 aromatic carbocycles. The van der Waals surface area contributed by atoms with Crippen LogP contribution in [-0.2, 0) is 4.74 Å². The molecule has 14 heavy (non-hydrogen) atoms. The minimum atomic E-state index is -0.929. The summed E-state index contributed by atoms with van der Waals surface area (Å²) in [4.78, 5) is 11.1.